The molecule has 2 heterocycles. The molecule has 5 heteroatoms. The van der Waals surface area contributed by atoms with Crippen LogP contribution < -0.4 is 0 Å². The van der Waals surface area contributed by atoms with Crippen LogP contribution in [0.4, 0.5) is 0 Å². The number of carbonyl (C=O) groups is 1. The number of piperazine rings is 1. The quantitative estimate of drug-likeness (QED) is 0.864. The lowest BCUT2D eigenvalue weighted by Crippen LogP contribution is -2.64. The van der Waals surface area contributed by atoms with Gasteiger partial charge in [-0.3, -0.25) is 9.69 Å². The number of benzene rings is 1. The van der Waals surface area contributed by atoms with E-state index in [4.69, 9.17) is 0 Å². The lowest BCUT2D eigenvalue weighted by Gasteiger charge is -2.51. The van der Waals surface area contributed by atoms with E-state index in [0.717, 1.165) is 31.7 Å². The van der Waals surface area contributed by atoms with Crippen molar-refractivity contribution in [3.05, 3.63) is 35.9 Å². The smallest absolute Gasteiger partial charge is 0.222 e. The number of carbonyl (C=O) groups excluding carboxylic acids is 1. The first-order valence-electron chi connectivity index (χ1n) is 11.0. The number of likely N-dealkylation sites (tertiary alicyclic amines) is 1. The van der Waals surface area contributed by atoms with E-state index < -0.39 is 5.60 Å². The Morgan fingerprint density at radius 3 is 2.43 bits per heavy atom. The van der Waals surface area contributed by atoms with Crippen molar-refractivity contribution in [2.45, 2.75) is 50.2 Å². The summed E-state index contributed by atoms with van der Waals surface area (Å²) in [5.74, 6) is 0.866. The lowest BCUT2D eigenvalue weighted by molar-refractivity contribution is -0.146. The number of piperidine rings is 1. The molecular weight excluding hydrogens is 350 g/mol. The summed E-state index contributed by atoms with van der Waals surface area (Å²) in [6, 6.07) is 10.1. The van der Waals surface area contributed by atoms with E-state index in [9.17, 15) is 9.90 Å². The van der Waals surface area contributed by atoms with Crippen molar-refractivity contribution in [1.29, 1.82) is 0 Å². The average Bonchev–Trinajstić information content (AvgIpc) is 3.23. The van der Waals surface area contributed by atoms with Crippen molar-refractivity contribution in [2.24, 2.45) is 5.92 Å². The van der Waals surface area contributed by atoms with Crippen LogP contribution in [0.25, 0.3) is 0 Å². The summed E-state index contributed by atoms with van der Waals surface area (Å²) >= 11 is 0. The topological polar surface area (TPSA) is 47.0 Å². The Labute approximate surface area is 169 Å². The van der Waals surface area contributed by atoms with Crippen LogP contribution in [0.3, 0.4) is 0 Å². The minimum Gasteiger partial charge on any atom is -0.383 e. The summed E-state index contributed by atoms with van der Waals surface area (Å²) in [7, 11) is 2.15. The van der Waals surface area contributed by atoms with E-state index in [1.54, 1.807) is 0 Å². The Balaban J connectivity index is 1.52. The zero-order chi connectivity index (χ0) is 19.6. The Morgan fingerprint density at radius 1 is 1.07 bits per heavy atom. The predicted octanol–water partition coefficient (Wildman–Crippen LogP) is 2.30. The molecule has 5 nitrogen and oxygen atoms in total. The third-order valence-electron chi connectivity index (χ3n) is 7.25. The first kappa shape index (κ1) is 19.9. The van der Waals surface area contributed by atoms with Crippen molar-refractivity contribution >= 4 is 5.91 Å². The number of aliphatic hydroxyl groups is 1. The maximum Gasteiger partial charge on any atom is 0.222 e. The molecule has 154 valence electrons. The van der Waals surface area contributed by atoms with Gasteiger partial charge >= 0.3 is 0 Å². The normalized spacial score (nSPS) is 30.6. The third-order valence-corrected chi connectivity index (χ3v) is 7.25. The van der Waals surface area contributed by atoms with E-state index in [0.29, 0.717) is 37.8 Å². The molecule has 0 radical (unpaired) electrons. The number of nitrogens with zero attached hydrogens (tertiary/aromatic N) is 3. The van der Waals surface area contributed by atoms with Gasteiger partial charge < -0.3 is 14.9 Å². The minimum atomic E-state index is -0.888. The van der Waals surface area contributed by atoms with Gasteiger partial charge in [-0.15, -0.1) is 0 Å². The molecule has 1 aromatic rings. The van der Waals surface area contributed by atoms with Crippen LogP contribution in [0.5, 0.6) is 0 Å². The van der Waals surface area contributed by atoms with Gasteiger partial charge in [0.25, 0.3) is 0 Å². The fourth-order valence-electron chi connectivity index (χ4n) is 5.35. The van der Waals surface area contributed by atoms with E-state index in [2.05, 4.69) is 16.8 Å². The van der Waals surface area contributed by atoms with Crippen molar-refractivity contribution < 1.29 is 9.90 Å². The summed E-state index contributed by atoms with van der Waals surface area (Å²) in [6.07, 6.45) is 6.26. The molecule has 0 aromatic heterocycles. The summed E-state index contributed by atoms with van der Waals surface area (Å²) in [5.41, 5.74) is 0.100. The van der Waals surface area contributed by atoms with Gasteiger partial charge in [-0.25, -0.2) is 0 Å². The summed E-state index contributed by atoms with van der Waals surface area (Å²) in [6.45, 7) is 5.21. The van der Waals surface area contributed by atoms with Crippen LogP contribution in [-0.2, 0) is 10.4 Å². The van der Waals surface area contributed by atoms with Gasteiger partial charge in [0.1, 0.15) is 5.60 Å². The summed E-state index contributed by atoms with van der Waals surface area (Å²) in [5, 5.41) is 11.8. The summed E-state index contributed by atoms with van der Waals surface area (Å²) in [4.78, 5) is 19.8. The van der Waals surface area contributed by atoms with Crippen molar-refractivity contribution in [1.82, 2.24) is 14.7 Å². The van der Waals surface area contributed by atoms with Crippen molar-refractivity contribution in [2.75, 3.05) is 46.3 Å². The zero-order valence-corrected chi connectivity index (χ0v) is 17.2. The highest BCUT2D eigenvalue weighted by atomic mass is 16.3. The number of amides is 1. The van der Waals surface area contributed by atoms with Crippen LogP contribution in [0.2, 0.25) is 0 Å². The van der Waals surface area contributed by atoms with Crippen LogP contribution >= 0.6 is 0 Å². The zero-order valence-electron chi connectivity index (χ0n) is 17.2. The molecule has 3 fully saturated rings. The molecule has 1 saturated carbocycles. The Morgan fingerprint density at radius 2 is 1.75 bits per heavy atom. The fourth-order valence-corrected chi connectivity index (χ4v) is 5.35. The molecule has 4 rings (SSSR count). The second-order valence-electron chi connectivity index (χ2n) is 9.09. The Kier molecular flexibility index (Phi) is 6.04. The van der Waals surface area contributed by atoms with E-state index in [1.807, 2.05) is 35.2 Å². The van der Waals surface area contributed by atoms with Gasteiger partial charge in [-0.2, -0.15) is 0 Å². The predicted molar refractivity (Wildman–Crippen MR) is 111 cm³/mol. The SMILES string of the molecule is CN1CCN([C@@H]2CN(C(=O)CC3CCCC3)CC[C@]2(O)c2ccccc2)CC1. The number of likely N-dealkylation sites (N-methyl/N-ethyl adjacent to an activating group) is 1. The highest BCUT2D eigenvalue weighted by molar-refractivity contribution is 5.76. The molecule has 2 aliphatic heterocycles. The van der Waals surface area contributed by atoms with Crippen LogP contribution in [0.1, 0.15) is 44.1 Å². The molecule has 1 aromatic carbocycles. The molecule has 1 aliphatic carbocycles. The first-order valence-corrected chi connectivity index (χ1v) is 11.0. The molecule has 2 saturated heterocycles. The number of hydrogen-bond acceptors (Lipinski definition) is 4. The average molecular weight is 386 g/mol. The molecule has 0 bridgehead atoms. The van der Waals surface area contributed by atoms with Crippen molar-refractivity contribution in [3.8, 4) is 0 Å². The molecule has 2 atom stereocenters. The molecule has 1 amide bonds. The standard InChI is InChI=1S/C23H35N3O2/c1-24-13-15-25(16-14-24)21-18-26(22(27)17-19-7-5-6-8-19)12-11-23(21,28)20-9-3-2-4-10-20/h2-4,9-10,19,21,28H,5-8,11-18H2,1H3/t21-,23+/m1/s1. The molecule has 1 N–H and O–H groups in total. The monoisotopic (exact) mass is 385 g/mol. The van der Waals surface area contributed by atoms with E-state index >= 15 is 0 Å². The summed E-state index contributed by atoms with van der Waals surface area (Å²) < 4.78 is 0. The highest BCUT2D eigenvalue weighted by Gasteiger charge is 2.47. The molecule has 0 unspecified atom stereocenters. The maximum absolute atomic E-state index is 13.0. The van der Waals surface area contributed by atoms with E-state index in [-0.39, 0.29) is 6.04 Å². The molecule has 28 heavy (non-hydrogen) atoms. The van der Waals surface area contributed by atoms with Crippen molar-refractivity contribution in [3.63, 3.8) is 0 Å². The van der Waals surface area contributed by atoms with Gasteiger partial charge in [0.2, 0.25) is 5.91 Å². The van der Waals surface area contributed by atoms with Gasteiger partial charge in [-0.05, 0) is 37.8 Å². The van der Waals surface area contributed by atoms with Gasteiger partial charge in [0.15, 0.2) is 0 Å². The molecule has 0 spiro atoms. The van der Waals surface area contributed by atoms with Crippen LogP contribution in [0, 0.1) is 5.92 Å². The minimum absolute atomic E-state index is 0.0371. The lowest BCUT2D eigenvalue weighted by atomic mass is 9.79. The van der Waals surface area contributed by atoms with Gasteiger partial charge in [0, 0.05) is 45.7 Å². The van der Waals surface area contributed by atoms with Crippen LogP contribution in [0.15, 0.2) is 30.3 Å². The number of hydrogen-bond donors (Lipinski definition) is 1. The number of rotatable bonds is 4. The highest BCUT2D eigenvalue weighted by Crippen LogP contribution is 2.37. The second-order valence-corrected chi connectivity index (χ2v) is 9.09. The van der Waals surface area contributed by atoms with Crippen LogP contribution in [-0.4, -0.2) is 78.1 Å². The second kappa shape index (κ2) is 8.52. The van der Waals surface area contributed by atoms with Gasteiger partial charge in [-0.1, -0.05) is 43.2 Å². The maximum atomic E-state index is 13.0. The fraction of sp³-hybridized carbons (Fsp3) is 0.696. The van der Waals surface area contributed by atoms with E-state index in [1.165, 1.54) is 25.7 Å². The first-order chi connectivity index (χ1) is 13.6. The molecular formula is C23H35N3O2. The third kappa shape index (κ3) is 4.12. The Hall–Kier alpha value is -1.43. The Bertz CT molecular complexity index is 653. The largest absolute Gasteiger partial charge is 0.383 e. The van der Waals surface area contributed by atoms with Gasteiger partial charge in [0.05, 0.1) is 6.04 Å². The molecule has 3 aliphatic rings.